The molecule has 0 bridgehead atoms. The lowest BCUT2D eigenvalue weighted by Crippen LogP contribution is -2.33. The molecule has 1 rings (SSSR count). The highest BCUT2D eigenvalue weighted by molar-refractivity contribution is 5.73. The van der Waals surface area contributed by atoms with Crippen LogP contribution in [-0.4, -0.2) is 11.9 Å². The second kappa shape index (κ2) is 4.45. The average molecular weight is 170 g/mol. The van der Waals surface area contributed by atoms with Crippen LogP contribution in [0.25, 0.3) is 0 Å². The van der Waals surface area contributed by atoms with Gasteiger partial charge in [-0.1, -0.05) is 12.8 Å². The zero-order valence-electron chi connectivity index (χ0n) is 7.46. The van der Waals surface area contributed by atoms with Crippen molar-refractivity contribution in [3.63, 3.8) is 0 Å². The summed E-state index contributed by atoms with van der Waals surface area (Å²) >= 11 is 0. The molecule has 1 aliphatic rings. The fraction of sp³-hybridized carbons (Fsp3) is 0.889. The Morgan fingerprint density at radius 3 is 2.58 bits per heavy atom. The molecular weight excluding hydrogens is 152 g/mol. The molecule has 0 aliphatic heterocycles. The molecule has 3 heteroatoms. The van der Waals surface area contributed by atoms with E-state index in [0.717, 1.165) is 12.8 Å². The summed E-state index contributed by atoms with van der Waals surface area (Å²) in [6, 6.07) is 0.304. The zero-order valence-corrected chi connectivity index (χ0v) is 7.46. The Balaban J connectivity index is 2.24. The van der Waals surface area contributed by atoms with Crippen LogP contribution in [0.3, 0.4) is 0 Å². The van der Waals surface area contributed by atoms with Gasteiger partial charge in [-0.15, -0.1) is 0 Å². The molecule has 3 nitrogen and oxygen atoms in total. The molecule has 0 aromatic rings. The summed E-state index contributed by atoms with van der Waals surface area (Å²) in [4.78, 5) is 10.5. The minimum Gasteiger partial charge on any atom is -0.370 e. The lowest BCUT2D eigenvalue weighted by atomic mass is 9.82. The highest BCUT2D eigenvalue weighted by atomic mass is 16.1. The molecule has 2 atom stereocenters. The van der Waals surface area contributed by atoms with Crippen molar-refractivity contribution >= 4 is 5.91 Å². The third-order valence-corrected chi connectivity index (χ3v) is 2.73. The van der Waals surface area contributed by atoms with Crippen LogP contribution in [-0.2, 0) is 4.79 Å². The predicted molar refractivity (Wildman–Crippen MR) is 48.4 cm³/mol. The minimum atomic E-state index is -0.201. The zero-order chi connectivity index (χ0) is 8.97. The average Bonchev–Trinajstić information content (AvgIpc) is 2.03. The van der Waals surface area contributed by atoms with Gasteiger partial charge in [0.15, 0.2) is 0 Å². The van der Waals surface area contributed by atoms with Crippen LogP contribution in [0, 0.1) is 5.92 Å². The van der Waals surface area contributed by atoms with Gasteiger partial charge in [-0.25, -0.2) is 0 Å². The van der Waals surface area contributed by atoms with Gasteiger partial charge < -0.3 is 11.5 Å². The van der Waals surface area contributed by atoms with E-state index >= 15 is 0 Å². The van der Waals surface area contributed by atoms with E-state index in [4.69, 9.17) is 11.5 Å². The molecule has 1 fully saturated rings. The number of primary amides is 1. The second-order valence-electron chi connectivity index (χ2n) is 3.71. The molecule has 1 saturated carbocycles. The first-order valence-electron chi connectivity index (χ1n) is 4.74. The second-order valence-corrected chi connectivity index (χ2v) is 3.71. The molecule has 0 radical (unpaired) electrons. The molecule has 1 aliphatic carbocycles. The molecule has 2 unspecified atom stereocenters. The van der Waals surface area contributed by atoms with Crippen LogP contribution in [0.15, 0.2) is 0 Å². The van der Waals surface area contributed by atoms with E-state index in [1.807, 2.05) is 0 Å². The number of carbonyl (C=O) groups is 1. The van der Waals surface area contributed by atoms with Gasteiger partial charge in [-0.05, 0) is 25.2 Å². The Hall–Kier alpha value is -0.570. The topological polar surface area (TPSA) is 69.1 Å². The quantitative estimate of drug-likeness (QED) is 0.656. The Morgan fingerprint density at radius 1 is 1.33 bits per heavy atom. The van der Waals surface area contributed by atoms with Crippen molar-refractivity contribution in [2.45, 2.75) is 44.6 Å². The molecule has 70 valence electrons. The van der Waals surface area contributed by atoms with Gasteiger partial charge >= 0.3 is 0 Å². The van der Waals surface area contributed by atoms with Crippen LogP contribution in [0.1, 0.15) is 38.5 Å². The Labute approximate surface area is 73.5 Å². The van der Waals surface area contributed by atoms with Crippen molar-refractivity contribution in [1.82, 2.24) is 0 Å². The third kappa shape index (κ3) is 2.81. The SMILES string of the molecule is NC(=O)CCC1CCCCC1N. The van der Waals surface area contributed by atoms with Crippen LogP contribution in [0.5, 0.6) is 0 Å². The fourth-order valence-corrected chi connectivity index (χ4v) is 1.92. The first-order valence-corrected chi connectivity index (χ1v) is 4.74. The maximum absolute atomic E-state index is 10.5. The smallest absolute Gasteiger partial charge is 0.217 e. The maximum Gasteiger partial charge on any atom is 0.217 e. The summed E-state index contributed by atoms with van der Waals surface area (Å²) in [6.07, 6.45) is 6.18. The molecule has 0 heterocycles. The van der Waals surface area contributed by atoms with Crippen molar-refractivity contribution in [2.24, 2.45) is 17.4 Å². The monoisotopic (exact) mass is 170 g/mol. The fourth-order valence-electron chi connectivity index (χ4n) is 1.92. The highest BCUT2D eigenvalue weighted by Crippen LogP contribution is 2.26. The van der Waals surface area contributed by atoms with E-state index in [2.05, 4.69) is 0 Å². The maximum atomic E-state index is 10.5. The Morgan fingerprint density at radius 2 is 2.00 bits per heavy atom. The Bertz CT molecular complexity index is 159. The number of carbonyl (C=O) groups excluding carboxylic acids is 1. The van der Waals surface area contributed by atoms with E-state index in [9.17, 15) is 4.79 Å². The van der Waals surface area contributed by atoms with Crippen LogP contribution >= 0.6 is 0 Å². The lowest BCUT2D eigenvalue weighted by Gasteiger charge is -2.28. The van der Waals surface area contributed by atoms with E-state index in [1.165, 1.54) is 19.3 Å². The van der Waals surface area contributed by atoms with Gasteiger partial charge in [0.1, 0.15) is 0 Å². The number of amides is 1. The molecular formula is C9H18N2O. The minimum absolute atomic E-state index is 0.201. The molecule has 1 amide bonds. The molecule has 12 heavy (non-hydrogen) atoms. The van der Waals surface area contributed by atoms with Gasteiger partial charge in [-0.2, -0.15) is 0 Å². The Kier molecular flexibility index (Phi) is 3.53. The molecule has 0 aromatic heterocycles. The standard InChI is InChI=1S/C9H18N2O/c10-8-4-2-1-3-7(8)5-6-9(11)12/h7-8H,1-6,10H2,(H2,11,12). The van der Waals surface area contributed by atoms with Gasteiger partial charge in [0, 0.05) is 12.5 Å². The highest BCUT2D eigenvalue weighted by Gasteiger charge is 2.21. The van der Waals surface area contributed by atoms with E-state index in [0.29, 0.717) is 18.4 Å². The normalized spacial score (nSPS) is 30.1. The first kappa shape index (κ1) is 9.52. The molecule has 4 N–H and O–H groups in total. The summed E-state index contributed by atoms with van der Waals surface area (Å²) < 4.78 is 0. The predicted octanol–water partition coefficient (Wildman–Crippen LogP) is 0.769. The number of rotatable bonds is 3. The van der Waals surface area contributed by atoms with Crippen molar-refractivity contribution in [2.75, 3.05) is 0 Å². The summed E-state index contributed by atoms with van der Waals surface area (Å²) in [5.74, 6) is 0.332. The van der Waals surface area contributed by atoms with Crippen molar-refractivity contribution in [3.8, 4) is 0 Å². The van der Waals surface area contributed by atoms with Crippen molar-refractivity contribution in [1.29, 1.82) is 0 Å². The van der Waals surface area contributed by atoms with Crippen LogP contribution < -0.4 is 11.5 Å². The van der Waals surface area contributed by atoms with E-state index in [-0.39, 0.29) is 5.91 Å². The van der Waals surface area contributed by atoms with Gasteiger partial charge in [0.2, 0.25) is 5.91 Å². The summed E-state index contributed by atoms with van der Waals surface area (Å²) in [5, 5.41) is 0. The summed E-state index contributed by atoms with van der Waals surface area (Å²) in [7, 11) is 0. The molecule has 0 spiro atoms. The molecule has 0 aromatic carbocycles. The van der Waals surface area contributed by atoms with Crippen molar-refractivity contribution < 1.29 is 4.79 Å². The van der Waals surface area contributed by atoms with Crippen molar-refractivity contribution in [3.05, 3.63) is 0 Å². The van der Waals surface area contributed by atoms with Gasteiger partial charge in [-0.3, -0.25) is 4.79 Å². The van der Waals surface area contributed by atoms with Gasteiger partial charge in [0.05, 0.1) is 0 Å². The van der Waals surface area contributed by atoms with Gasteiger partial charge in [0.25, 0.3) is 0 Å². The summed E-state index contributed by atoms with van der Waals surface area (Å²) in [6.45, 7) is 0. The van der Waals surface area contributed by atoms with E-state index in [1.54, 1.807) is 0 Å². The third-order valence-electron chi connectivity index (χ3n) is 2.73. The molecule has 0 saturated heterocycles. The summed E-state index contributed by atoms with van der Waals surface area (Å²) in [5.41, 5.74) is 11.0. The van der Waals surface area contributed by atoms with E-state index < -0.39 is 0 Å². The van der Waals surface area contributed by atoms with Crippen LogP contribution in [0.2, 0.25) is 0 Å². The lowest BCUT2D eigenvalue weighted by molar-refractivity contribution is -0.118. The number of hydrogen-bond donors (Lipinski definition) is 2. The van der Waals surface area contributed by atoms with Crippen LogP contribution in [0.4, 0.5) is 0 Å². The first-order chi connectivity index (χ1) is 5.70. The number of nitrogens with two attached hydrogens (primary N) is 2. The largest absolute Gasteiger partial charge is 0.370 e. The number of hydrogen-bond acceptors (Lipinski definition) is 2.